The number of methoxy groups -OCH3 is 1. The van der Waals surface area contributed by atoms with Gasteiger partial charge in [0.2, 0.25) is 0 Å². The molecule has 0 spiro atoms. The Morgan fingerprint density at radius 1 is 1.07 bits per heavy atom. The van der Waals surface area contributed by atoms with Gasteiger partial charge in [-0.3, -0.25) is 0 Å². The van der Waals surface area contributed by atoms with Gasteiger partial charge in [0.05, 0.1) is 24.3 Å². The van der Waals surface area contributed by atoms with Gasteiger partial charge in [-0.1, -0.05) is 58.1 Å². The van der Waals surface area contributed by atoms with E-state index < -0.39 is 20.4 Å². The van der Waals surface area contributed by atoms with Crippen molar-refractivity contribution in [3.8, 4) is 5.75 Å². The normalized spacial score (nSPS) is 33.7. The fourth-order valence-corrected chi connectivity index (χ4v) is 8.30. The zero-order valence-corrected chi connectivity index (χ0v) is 28.2. The third-order valence-electron chi connectivity index (χ3n) is 9.74. The van der Waals surface area contributed by atoms with E-state index in [2.05, 4.69) is 87.1 Å². The number of cyclic esters (lactones) is 1. The van der Waals surface area contributed by atoms with E-state index in [1.165, 1.54) is 0 Å². The van der Waals surface area contributed by atoms with E-state index in [-0.39, 0.29) is 41.4 Å². The SMILES string of the molecule is COc1ccc(CO[C@H]2[C@@H]3C=C[C@H]4C[C@H](O[Si](C)(C)C(C)(C)C)C[C@H](CC=O)OC(=O)/C(Br)=C\[C@H]4[C@@H]3C[C@H]2C)cc1. The van der Waals surface area contributed by atoms with Crippen molar-refractivity contribution in [1.29, 1.82) is 0 Å². The van der Waals surface area contributed by atoms with Gasteiger partial charge < -0.3 is 23.4 Å². The zero-order valence-electron chi connectivity index (χ0n) is 25.6. The molecule has 8 heteroatoms. The highest BCUT2D eigenvalue weighted by atomic mass is 79.9. The molecule has 0 N–H and O–H groups in total. The Kier molecular flexibility index (Phi) is 10.4. The van der Waals surface area contributed by atoms with E-state index in [4.69, 9.17) is 18.6 Å². The van der Waals surface area contributed by atoms with E-state index in [0.717, 1.165) is 30.4 Å². The quantitative estimate of drug-likeness (QED) is 0.125. The maximum absolute atomic E-state index is 13.1. The van der Waals surface area contributed by atoms with Crippen molar-refractivity contribution in [3.63, 3.8) is 0 Å². The molecule has 0 aromatic heterocycles. The molecule has 2 aliphatic carbocycles. The number of aldehydes is 1. The molecule has 0 radical (unpaired) electrons. The van der Waals surface area contributed by atoms with Crippen LogP contribution in [-0.2, 0) is 30.1 Å². The van der Waals surface area contributed by atoms with Gasteiger partial charge in [-0.25, -0.2) is 4.79 Å². The first kappa shape index (κ1) is 32.2. The number of benzene rings is 1. The second kappa shape index (κ2) is 13.3. The Labute approximate surface area is 255 Å². The number of hydrogen-bond acceptors (Lipinski definition) is 6. The van der Waals surface area contributed by atoms with Crippen LogP contribution in [0.4, 0.5) is 0 Å². The summed E-state index contributed by atoms with van der Waals surface area (Å²) in [5, 5.41) is 0.0459. The number of carbonyl (C=O) groups excluding carboxylic acids is 2. The Morgan fingerprint density at radius 2 is 1.78 bits per heavy atom. The molecular formula is C33H47BrO6Si. The number of carbonyl (C=O) groups is 2. The van der Waals surface area contributed by atoms with Gasteiger partial charge in [0, 0.05) is 24.9 Å². The lowest BCUT2D eigenvalue weighted by molar-refractivity contribution is -0.145. The number of hydrogen-bond donors (Lipinski definition) is 0. The van der Waals surface area contributed by atoms with Gasteiger partial charge in [-0.2, -0.15) is 0 Å². The molecule has 4 rings (SSSR count). The molecule has 1 aromatic carbocycles. The number of fused-ring (bicyclic) bond motifs is 3. The van der Waals surface area contributed by atoms with Crippen LogP contribution in [0.15, 0.2) is 47.0 Å². The minimum atomic E-state index is -2.10. The van der Waals surface area contributed by atoms with Crippen LogP contribution in [0.25, 0.3) is 0 Å². The fraction of sp³-hybridized carbons (Fsp3) is 0.636. The summed E-state index contributed by atoms with van der Waals surface area (Å²) in [5.74, 6) is 1.79. The summed E-state index contributed by atoms with van der Waals surface area (Å²) < 4.78 is 25.1. The number of esters is 1. The van der Waals surface area contributed by atoms with Gasteiger partial charge in [0.15, 0.2) is 8.32 Å². The lowest BCUT2D eigenvalue weighted by Crippen LogP contribution is -2.46. The maximum atomic E-state index is 13.1. The Hall–Kier alpha value is -1.74. The smallest absolute Gasteiger partial charge is 0.345 e. The Balaban J connectivity index is 1.60. The number of halogens is 1. The molecule has 1 saturated carbocycles. The van der Waals surface area contributed by atoms with Crippen LogP contribution in [0.1, 0.15) is 58.9 Å². The first-order valence-electron chi connectivity index (χ1n) is 15.0. The van der Waals surface area contributed by atoms with Crippen LogP contribution in [0.2, 0.25) is 18.1 Å². The molecule has 1 aromatic rings. The second-order valence-electron chi connectivity index (χ2n) is 13.6. The van der Waals surface area contributed by atoms with Crippen molar-refractivity contribution in [2.75, 3.05) is 7.11 Å². The standard InChI is InChI=1S/C33H47BrO6Si/c1-21-16-29-27(31(21)38-20-22-8-11-24(37-5)12-9-22)13-10-23-17-26(40-41(6,7)33(2,3)4)18-25(14-15-35)39-32(36)30(34)19-28(23)29/h8-13,15,19,21,23,25-29,31H,14,16-18,20H2,1-7H3/b30-19+/t21-,23+,25+,26+,27-,28-,29-,31-/m1/s1. The fourth-order valence-electron chi connectivity index (χ4n) is 6.53. The molecule has 0 saturated heterocycles. The first-order chi connectivity index (χ1) is 19.3. The number of rotatable bonds is 8. The number of allylic oxidation sites excluding steroid dienone is 2. The number of ether oxygens (including phenoxy) is 3. The molecule has 1 aliphatic heterocycles. The minimum Gasteiger partial charge on any atom is -0.497 e. The predicted molar refractivity (Wildman–Crippen MR) is 167 cm³/mol. The summed E-state index contributed by atoms with van der Waals surface area (Å²) in [6.45, 7) is 14.1. The summed E-state index contributed by atoms with van der Waals surface area (Å²) in [6, 6.07) is 8.04. The molecule has 226 valence electrons. The summed E-state index contributed by atoms with van der Waals surface area (Å²) in [5.41, 5.74) is 1.12. The molecule has 41 heavy (non-hydrogen) atoms. The van der Waals surface area contributed by atoms with Crippen molar-refractivity contribution in [2.24, 2.45) is 29.6 Å². The van der Waals surface area contributed by atoms with Gasteiger partial charge in [-0.15, -0.1) is 0 Å². The molecule has 1 heterocycles. The van der Waals surface area contributed by atoms with Crippen LogP contribution in [0, 0.1) is 29.6 Å². The van der Waals surface area contributed by atoms with Crippen molar-refractivity contribution in [1.82, 2.24) is 0 Å². The van der Waals surface area contributed by atoms with Crippen molar-refractivity contribution in [3.05, 3.63) is 52.5 Å². The van der Waals surface area contributed by atoms with Crippen molar-refractivity contribution < 1.29 is 28.2 Å². The van der Waals surface area contributed by atoms with Crippen LogP contribution in [0.5, 0.6) is 5.75 Å². The molecule has 8 atom stereocenters. The molecule has 3 aliphatic rings. The molecule has 0 unspecified atom stereocenters. The van der Waals surface area contributed by atoms with E-state index in [9.17, 15) is 9.59 Å². The zero-order chi connectivity index (χ0) is 29.9. The highest BCUT2D eigenvalue weighted by Crippen LogP contribution is 2.51. The monoisotopic (exact) mass is 646 g/mol. The highest BCUT2D eigenvalue weighted by Gasteiger charge is 2.48. The maximum Gasteiger partial charge on any atom is 0.345 e. The van der Waals surface area contributed by atoms with Crippen molar-refractivity contribution in [2.45, 2.75) is 96.4 Å². The van der Waals surface area contributed by atoms with E-state index in [1.54, 1.807) is 7.11 Å². The lowest BCUT2D eigenvalue weighted by Gasteiger charge is -2.43. The van der Waals surface area contributed by atoms with Gasteiger partial charge in [0.25, 0.3) is 0 Å². The second-order valence-corrected chi connectivity index (χ2v) is 19.2. The van der Waals surface area contributed by atoms with Crippen molar-refractivity contribution >= 4 is 36.5 Å². The Morgan fingerprint density at radius 3 is 2.41 bits per heavy atom. The van der Waals surface area contributed by atoms with E-state index in [1.807, 2.05) is 12.1 Å². The van der Waals surface area contributed by atoms with E-state index >= 15 is 0 Å². The summed E-state index contributed by atoms with van der Waals surface area (Å²) in [4.78, 5) is 24.6. The highest BCUT2D eigenvalue weighted by molar-refractivity contribution is 9.12. The van der Waals surface area contributed by atoms with Gasteiger partial charge in [-0.05, 0) is 88.3 Å². The van der Waals surface area contributed by atoms with Crippen LogP contribution in [0.3, 0.4) is 0 Å². The van der Waals surface area contributed by atoms with Crippen LogP contribution in [-0.4, -0.2) is 46.0 Å². The molecule has 0 amide bonds. The van der Waals surface area contributed by atoms with Crippen LogP contribution >= 0.6 is 15.9 Å². The largest absolute Gasteiger partial charge is 0.497 e. The summed E-state index contributed by atoms with van der Waals surface area (Å²) in [7, 11) is -0.431. The topological polar surface area (TPSA) is 71.1 Å². The summed E-state index contributed by atoms with van der Waals surface area (Å²) in [6.07, 6.45) is 9.65. The third-order valence-corrected chi connectivity index (χ3v) is 14.9. The average Bonchev–Trinajstić information content (AvgIpc) is 3.22. The molecule has 6 nitrogen and oxygen atoms in total. The van der Waals surface area contributed by atoms with Gasteiger partial charge in [0.1, 0.15) is 18.1 Å². The van der Waals surface area contributed by atoms with E-state index in [0.29, 0.717) is 29.3 Å². The lowest BCUT2D eigenvalue weighted by atomic mass is 9.69. The molecular weight excluding hydrogens is 600 g/mol. The summed E-state index contributed by atoms with van der Waals surface area (Å²) >= 11 is 3.54. The predicted octanol–water partition coefficient (Wildman–Crippen LogP) is 7.62. The minimum absolute atomic E-state index is 0.0459. The third kappa shape index (κ3) is 7.62. The average molecular weight is 648 g/mol. The Bertz CT molecular complexity index is 1120. The van der Waals surface area contributed by atoms with Crippen LogP contribution < -0.4 is 4.74 Å². The molecule has 1 fully saturated rings. The molecule has 0 bridgehead atoms. The first-order valence-corrected chi connectivity index (χ1v) is 18.7. The van der Waals surface area contributed by atoms with Gasteiger partial charge >= 0.3 is 5.97 Å².